The van der Waals surface area contributed by atoms with Gasteiger partial charge in [0.05, 0.1) is 12.4 Å². The molecule has 22 heavy (non-hydrogen) atoms. The van der Waals surface area contributed by atoms with E-state index in [1.165, 1.54) is 18.3 Å². The van der Waals surface area contributed by atoms with E-state index in [0.29, 0.717) is 10.7 Å². The summed E-state index contributed by atoms with van der Waals surface area (Å²) in [4.78, 5) is 22.8. The topological polar surface area (TPSA) is 46.1 Å². The van der Waals surface area contributed by atoms with E-state index in [0.717, 1.165) is 31.7 Å². The van der Waals surface area contributed by atoms with Gasteiger partial charge >= 0.3 is 0 Å². The highest BCUT2D eigenvalue weighted by molar-refractivity contribution is 6.29. The number of anilines is 1. The minimum Gasteiger partial charge on any atom is -0.355 e. The van der Waals surface area contributed by atoms with Crippen molar-refractivity contribution < 1.29 is 9.18 Å². The molecule has 1 aliphatic heterocycles. The number of hydrogen-bond donors (Lipinski definition) is 0. The van der Waals surface area contributed by atoms with E-state index in [1.807, 2.05) is 0 Å². The zero-order valence-corrected chi connectivity index (χ0v) is 12.6. The number of halogens is 2. The number of aromatic nitrogens is 2. The predicted octanol–water partition coefficient (Wildman–Crippen LogP) is 3.37. The number of rotatable bonds is 3. The molecule has 0 N–H and O–H groups in total. The molecular formula is C16H15ClFN3O. The zero-order chi connectivity index (χ0) is 15.5. The molecule has 114 valence electrons. The van der Waals surface area contributed by atoms with Gasteiger partial charge in [-0.1, -0.05) is 11.6 Å². The van der Waals surface area contributed by atoms with Crippen molar-refractivity contribution in [2.75, 3.05) is 18.0 Å². The summed E-state index contributed by atoms with van der Waals surface area (Å²) in [5.41, 5.74) is 0.572. The fourth-order valence-corrected chi connectivity index (χ4v) is 2.85. The van der Waals surface area contributed by atoms with E-state index in [4.69, 9.17) is 11.6 Å². The van der Waals surface area contributed by atoms with E-state index in [1.54, 1.807) is 18.3 Å². The van der Waals surface area contributed by atoms with Crippen molar-refractivity contribution in [3.8, 4) is 0 Å². The number of hydrogen-bond acceptors (Lipinski definition) is 4. The van der Waals surface area contributed by atoms with Crippen molar-refractivity contribution >= 4 is 23.2 Å². The first-order valence-electron chi connectivity index (χ1n) is 7.16. The molecular weight excluding hydrogens is 305 g/mol. The molecule has 0 radical (unpaired) electrons. The van der Waals surface area contributed by atoms with Crippen LogP contribution in [0, 0.1) is 11.7 Å². The third kappa shape index (κ3) is 3.25. The van der Waals surface area contributed by atoms with Gasteiger partial charge in [-0.05, 0) is 37.1 Å². The summed E-state index contributed by atoms with van der Waals surface area (Å²) >= 11 is 5.85. The third-order valence-corrected chi connectivity index (χ3v) is 4.09. The van der Waals surface area contributed by atoms with E-state index < -0.39 is 0 Å². The third-order valence-electron chi connectivity index (χ3n) is 3.91. The van der Waals surface area contributed by atoms with Crippen LogP contribution >= 0.6 is 11.6 Å². The average molecular weight is 320 g/mol. The van der Waals surface area contributed by atoms with Crippen LogP contribution in [-0.4, -0.2) is 28.8 Å². The van der Waals surface area contributed by atoms with Gasteiger partial charge in [0.1, 0.15) is 16.8 Å². The lowest BCUT2D eigenvalue weighted by molar-refractivity contribution is 0.0900. The summed E-state index contributed by atoms with van der Waals surface area (Å²) in [5, 5.41) is 0.363. The Bertz CT molecular complexity index is 669. The van der Waals surface area contributed by atoms with Gasteiger partial charge in [-0.15, -0.1) is 0 Å². The van der Waals surface area contributed by atoms with Crippen molar-refractivity contribution in [3.05, 3.63) is 53.2 Å². The Labute approximate surface area is 133 Å². The Kier molecular flexibility index (Phi) is 4.34. The SMILES string of the molecule is O=C(c1ccc(F)cc1)C1CCN(c2cncc(Cl)n2)CC1. The van der Waals surface area contributed by atoms with Crippen LogP contribution in [-0.2, 0) is 0 Å². The maximum atomic E-state index is 12.9. The molecule has 0 aliphatic carbocycles. The number of nitrogens with zero attached hydrogens (tertiary/aromatic N) is 3. The van der Waals surface area contributed by atoms with Crippen molar-refractivity contribution in [2.45, 2.75) is 12.8 Å². The highest BCUT2D eigenvalue weighted by Crippen LogP contribution is 2.25. The van der Waals surface area contributed by atoms with Crippen LogP contribution in [0.5, 0.6) is 0 Å². The minimum atomic E-state index is -0.328. The molecule has 1 aromatic carbocycles. The second-order valence-electron chi connectivity index (χ2n) is 5.33. The summed E-state index contributed by atoms with van der Waals surface area (Å²) in [6.07, 6.45) is 4.65. The van der Waals surface area contributed by atoms with Crippen molar-refractivity contribution in [1.82, 2.24) is 9.97 Å². The Hall–Kier alpha value is -2.01. The maximum Gasteiger partial charge on any atom is 0.166 e. The predicted molar refractivity (Wildman–Crippen MR) is 82.7 cm³/mol. The molecule has 0 unspecified atom stereocenters. The molecule has 1 fully saturated rings. The second kappa shape index (κ2) is 6.40. The van der Waals surface area contributed by atoms with Gasteiger partial charge in [0, 0.05) is 24.6 Å². The first-order chi connectivity index (χ1) is 10.6. The smallest absolute Gasteiger partial charge is 0.166 e. The first-order valence-corrected chi connectivity index (χ1v) is 7.53. The molecule has 4 nitrogen and oxygen atoms in total. The monoisotopic (exact) mass is 319 g/mol. The molecule has 1 aromatic heterocycles. The Morgan fingerprint density at radius 1 is 1.18 bits per heavy atom. The summed E-state index contributed by atoms with van der Waals surface area (Å²) in [7, 11) is 0. The van der Waals surface area contributed by atoms with Gasteiger partial charge in [-0.3, -0.25) is 9.78 Å². The van der Waals surface area contributed by atoms with Crippen molar-refractivity contribution in [3.63, 3.8) is 0 Å². The van der Waals surface area contributed by atoms with Crippen LogP contribution in [0.4, 0.5) is 10.2 Å². The standard InChI is InChI=1S/C16H15ClFN3O/c17-14-9-19-10-15(20-14)21-7-5-12(6-8-21)16(22)11-1-3-13(18)4-2-11/h1-4,9-10,12H,5-8H2. The summed E-state index contributed by atoms with van der Waals surface area (Å²) in [6.45, 7) is 1.46. The van der Waals surface area contributed by atoms with Gasteiger partial charge in [0.25, 0.3) is 0 Å². The van der Waals surface area contributed by atoms with Gasteiger partial charge < -0.3 is 4.90 Å². The Balaban J connectivity index is 1.64. The molecule has 6 heteroatoms. The van der Waals surface area contributed by atoms with Gasteiger partial charge in [-0.2, -0.15) is 0 Å². The van der Waals surface area contributed by atoms with E-state index in [-0.39, 0.29) is 17.5 Å². The van der Waals surface area contributed by atoms with E-state index in [2.05, 4.69) is 14.9 Å². The Morgan fingerprint density at radius 2 is 1.86 bits per heavy atom. The van der Waals surface area contributed by atoms with Crippen LogP contribution in [0.1, 0.15) is 23.2 Å². The van der Waals surface area contributed by atoms with Crippen LogP contribution in [0.25, 0.3) is 0 Å². The highest BCUT2D eigenvalue weighted by Gasteiger charge is 2.26. The largest absolute Gasteiger partial charge is 0.355 e. The molecule has 1 saturated heterocycles. The lowest BCUT2D eigenvalue weighted by Gasteiger charge is -2.31. The second-order valence-corrected chi connectivity index (χ2v) is 5.72. The summed E-state index contributed by atoms with van der Waals surface area (Å²) in [5.74, 6) is 0.455. The lowest BCUT2D eigenvalue weighted by atomic mass is 9.89. The minimum absolute atomic E-state index is 0.0335. The van der Waals surface area contributed by atoms with Crippen molar-refractivity contribution in [1.29, 1.82) is 0 Å². The normalized spacial score (nSPS) is 15.8. The van der Waals surface area contributed by atoms with Crippen LogP contribution < -0.4 is 4.90 Å². The molecule has 1 aliphatic rings. The van der Waals surface area contributed by atoms with Crippen LogP contribution in [0.2, 0.25) is 5.15 Å². The van der Waals surface area contributed by atoms with Gasteiger partial charge in [0.15, 0.2) is 5.78 Å². The molecule has 2 heterocycles. The van der Waals surface area contributed by atoms with Gasteiger partial charge in [0.2, 0.25) is 0 Å². The fraction of sp³-hybridized carbons (Fsp3) is 0.312. The summed E-state index contributed by atoms with van der Waals surface area (Å²) in [6, 6.07) is 5.74. The van der Waals surface area contributed by atoms with Crippen LogP contribution in [0.3, 0.4) is 0 Å². The molecule has 2 aromatic rings. The quantitative estimate of drug-likeness (QED) is 0.814. The molecule has 0 atom stereocenters. The first kappa shape index (κ1) is 14.9. The highest BCUT2D eigenvalue weighted by atomic mass is 35.5. The number of benzene rings is 1. The maximum absolute atomic E-state index is 12.9. The fourth-order valence-electron chi connectivity index (χ4n) is 2.71. The molecule has 0 saturated carbocycles. The molecule has 0 bridgehead atoms. The average Bonchev–Trinajstić information content (AvgIpc) is 2.55. The molecule has 3 rings (SSSR count). The van der Waals surface area contributed by atoms with Crippen LogP contribution in [0.15, 0.2) is 36.7 Å². The van der Waals surface area contributed by atoms with E-state index in [9.17, 15) is 9.18 Å². The van der Waals surface area contributed by atoms with Gasteiger partial charge in [-0.25, -0.2) is 9.37 Å². The number of carbonyl (C=O) groups excluding carboxylic acids is 1. The van der Waals surface area contributed by atoms with Crippen molar-refractivity contribution in [2.24, 2.45) is 5.92 Å². The molecule has 0 amide bonds. The number of carbonyl (C=O) groups is 1. The number of ketones is 1. The summed E-state index contributed by atoms with van der Waals surface area (Å²) < 4.78 is 12.9. The zero-order valence-electron chi connectivity index (χ0n) is 11.9. The number of piperidine rings is 1. The molecule has 0 spiro atoms. The Morgan fingerprint density at radius 3 is 2.50 bits per heavy atom. The number of Topliss-reactive ketones (excluding diaryl/α,β-unsaturated/α-hetero) is 1. The van der Waals surface area contributed by atoms with E-state index >= 15 is 0 Å². The lowest BCUT2D eigenvalue weighted by Crippen LogP contribution is -2.37.